The molecule has 1 amide bonds. The second-order valence-electron chi connectivity index (χ2n) is 4.50. The number of nitrogens with zero attached hydrogens (tertiary/aromatic N) is 5. The molecule has 2 aromatic heterocycles. The summed E-state index contributed by atoms with van der Waals surface area (Å²) in [6.07, 6.45) is 3.36. The second-order valence-corrected chi connectivity index (χ2v) is 5.42. The molecule has 1 aliphatic rings. The number of rotatable bonds is 1. The Kier molecular flexibility index (Phi) is 4.56. The van der Waals surface area contributed by atoms with Crippen LogP contribution in [0.1, 0.15) is 17.5 Å². The molecule has 0 spiro atoms. The number of carbonyl (C=O) groups excluding carboxylic acids is 1. The average Bonchev–Trinajstić information content (AvgIpc) is 2.81. The third-order valence-corrected chi connectivity index (χ3v) is 3.53. The van der Waals surface area contributed by atoms with Gasteiger partial charge in [-0.2, -0.15) is 4.98 Å². The first kappa shape index (κ1) is 15.1. The molecule has 2 aromatic rings. The molecule has 0 aromatic carbocycles. The molecule has 108 valence electrons. The fourth-order valence-corrected chi connectivity index (χ4v) is 2.42. The molecule has 1 saturated heterocycles. The van der Waals surface area contributed by atoms with Gasteiger partial charge in [-0.25, -0.2) is 9.50 Å². The van der Waals surface area contributed by atoms with Crippen molar-refractivity contribution in [3.05, 3.63) is 22.7 Å². The molecule has 1 fully saturated rings. The summed E-state index contributed by atoms with van der Waals surface area (Å²) in [6.45, 7) is 4.28. The number of piperazine rings is 1. The van der Waals surface area contributed by atoms with Crippen molar-refractivity contribution in [2.75, 3.05) is 19.6 Å². The van der Waals surface area contributed by atoms with E-state index in [1.54, 1.807) is 17.3 Å². The van der Waals surface area contributed by atoms with Gasteiger partial charge in [-0.1, -0.05) is 0 Å². The summed E-state index contributed by atoms with van der Waals surface area (Å²) in [6, 6.07) is 0.146. The predicted octanol–water partition coefficient (Wildman–Crippen LogP) is 0.742. The predicted molar refractivity (Wildman–Crippen MR) is 79.1 cm³/mol. The Hall–Kier alpha value is -1.25. The topological polar surface area (TPSA) is 75.4 Å². The number of halogens is 2. The summed E-state index contributed by atoms with van der Waals surface area (Å²) in [4.78, 5) is 22.5. The Morgan fingerprint density at radius 1 is 1.55 bits per heavy atom. The largest absolute Gasteiger partial charge is 0.331 e. The van der Waals surface area contributed by atoms with Crippen LogP contribution in [-0.4, -0.2) is 56.1 Å². The number of nitrogens with one attached hydrogen (secondary N) is 1. The minimum absolute atomic E-state index is 0. The second kappa shape index (κ2) is 6.02. The molecule has 0 saturated carbocycles. The van der Waals surface area contributed by atoms with Crippen molar-refractivity contribution in [3.63, 3.8) is 0 Å². The van der Waals surface area contributed by atoms with Crippen LogP contribution in [-0.2, 0) is 0 Å². The molecule has 0 unspecified atom stereocenters. The molecule has 0 bridgehead atoms. The van der Waals surface area contributed by atoms with Gasteiger partial charge in [0.25, 0.3) is 11.7 Å². The highest BCUT2D eigenvalue weighted by Crippen LogP contribution is 2.11. The Morgan fingerprint density at radius 3 is 3.10 bits per heavy atom. The summed E-state index contributed by atoms with van der Waals surface area (Å²) in [7, 11) is 0. The van der Waals surface area contributed by atoms with Gasteiger partial charge in [-0.05, 0) is 22.9 Å². The van der Waals surface area contributed by atoms with Gasteiger partial charge in [0.15, 0.2) is 0 Å². The van der Waals surface area contributed by atoms with Crippen molar-refractivity contribution >= 4 is 40.0 Å². The van der Waals surface area contributed by atoms with Crippen molar-refractivity contribution in [2.24, 2.45) is 0 Å². The Balaban J connectivity index is 0.00000147. The van der Waals surface area contributed by atoms with Crippen LogP contribution in [0.15, 0.2) is 16.9 Å². The van der Waals surface area contributed by atoms with Gasteiger partial charge in [-0.3, -0.25) is 4.79 Å². The SMILES string of the molecule is C[C@H]1CNCCN1C(=O)c1nc2ncc(Br)cn2n1.Cl. The molecule has 0 radical (unpaired) electrons. The molecule has 3 rings (SSSR count). The van der Waals surface area contributed by atoms with Crippen LogP contribution in [0.3, 0.4) is 0 Å². The Labute approximate surface area is 130 Å². The van der Waals surface area contributed by atoms with E-state index in [2.05, 4.69) is 36.3 Å². The Bertz CT molecular complexity index is 632. The van der Waals surface area contributed by atoms with Gasteiger partial charge in [0.1, 0.15) is 0 Å². The van der Waals surface area contributed by atoms with Crippen LogP contribution in [0.2, 0.25) is 0 Å². The van der Waals surface area contributed by atoms with Crippen LogP contribution in [0.5, 0.6) is 0 Å². The fraction of sp³-hybridized carbons (Fsp3) is 0.455. The van der Waals surface area contributed by atoms with Gasteiger partial charge in [0, 0.05) is 38.1 Å². The van der Waals surface area contributed by atoms with E-state index < -0.39 is 0 Å². The van der Waals surface area contributed by atoms with Gasteiger partial charge < -0.3 is 10.2 Å². The van der Waals surface area contributed by atoms with E-state index in [1.807, 2.05) is 6.92 Å². The molecule has 1 aliphatic heterocycles. The van der Waals surface area contributed by atoms with Crippen LogP contribution < -0.4 is 5.32 Å². The average molecular weight is 362 g/mol. The van der Waals surface area contributed by atoms with E-state index in [-0.39, 0.29) is 30.2 Å². The van der Waals surface area contributed by atoms with Crippen molar-refractivity contribution in [1.82, 2.24) is 29.8 Å². The first-order valence-corrected chi connectivity index (χ1v) is 6.84. The molecule has 7 nitrogen and oxygen atoms in total. The zero-order valence-electron chi connectivity index (χ0n) is 10.8. The van der Waals surface area contributed by atoms with Crippen LogP contribution in [0.25, 0.3) is 5.78 Å². The molecule has 0 aliphatic carbocycles. The fourth-order valence-electron chi connectivity index (χ4n) is 2.12. The van der Waals surface area contributed by atoms with Crippen molar-refractivity contribution in [2.45, 2.75) is 13.0 Å². The maximum absolute atomic E-state index is 12.4. The van der Waals surface area contributed by atoms with Crippen LogP contribution >= 0.6 is 28.3 Å². The Morgan fingerprint density at radius 2 is 2.35 bits per heavy atom. The summed E-state index contributed by atoms with van der Waals surface area (Å²) < 4.78 is 2.30. The molecule has 1 N–H and O–H groups in total. The summed E-state index contributed by atoms with van der Waals surface area (Å²) >= 11 is 3.31. The lowest BCUT2D eigenvalue weighted by atomic mass is 10.2. The number of fused-ring (bicyclic) bond motifs is 1. The minimum Gasteiger partial charge on any atom is -0.331 e. The van der Waals surface area contributed by atoms with Gasteiger partial charge in [0.2, 0.25) is 5.82 Å². The van der Waals surface area contributed by atoms with E-state index in [1.165, 1.54) is 4.52 Å². The molecular weight excluding hydrogens is 348 g/mol. The maximum atomic E-state index is 12.4. The van der Waals surface area contributed by atoms with E-state index >= 15 is 0 Å². The lowest BCUT2D eigenvalue weighted by Gasteiger charge is -2.33. The summed E-state index contributed by atoms with van der Waals surface area (Å²) in [5.41, 5.74) is 0. The van der Waals surface area contributed by atoms with Crippen LogP contribution in [0.4, 0.5) is 0 Å². The van der Waals surface area contributed by atoms with Crippen molar-refractivity contribution in [3.8, 4) is 0 Å². The number of hydrogen-bond acceptors (Lipinski definition) is 5. The number of hydrogen-bond donors (Lipinski definition) is 1. The smallest absolute Gasteiger partial charge is 0.293 e. The first-order chi connectivity index (χ1) is 9.15. The van der Waals surface area contributed by atoms with E-state index in [9.17, 15) is 4.79 Å². The standard InChI is InChI=1S/C11H13BrN6O.ClH/c1-7-4-13-2-3-17(7)10(19)9-15-11-14-5-8(12)6-18(11)16-9;/h5-7,13H,2-4H2,1H3;1H/t7-;/m0./s1. The molecule has 1 atom stereocenters. The van der Waals surface area contributed by atoms with E-state index in [0.717, 1.165) is 17.6 Å². The lowest BCUT2D eigenvalue weighted by molar-refractivity contribution is 0.0643. The number of amides is 1. The highest BCUT2D eigenvalue weighted by atomic mass is 79.9. The van der Waals surface area contributed by atoms with Gasteiger partial charge >= 0.3 is 0 Å². The zero-order chi connectivity index (χ0) is 13.4. The highest BCUT2D eigenvalue weighted by Gasteiger charge is 2.27. The molecule has 9 heteroatoms. The maximum Gasteiger partial charge on any atom is 0.293 e. The highest BCUT2D eigenvalue weighted by molar-refractivity contribution is 9.10. The lowest BCUT2D eigenvalue weighted by Crippen LogP contribution is -2.52. The molecule has 20 heavy (non-hydrogen) atoms. The molecule has 3 heterocycles. The van der Waals surface area contributed by atoms with Gasteiger partial charge in [0.05, 0.1) is 4.47 Å². The summed E-state index contributed by atoms with van der Waals surface area (Å²) in [5.74, 6) is 0.476. The summed E-state index contributed by atoms with van der Waals surface area (Å²) in [5, 5.41) is 7.43. The molecular formula is C11H14BrClN6O. The monoisotopic (exact) mass is 360 g/mol. The van der Waals surface area contributed by atoms with Gasteiger partial charge in [-0.15, -0.1) is 17.5 Å². The quantitative estimate of drug-likeness (QED) is 0.811. The minimum atomic E-state index is -0.143. The third-order valence-electron chi connectivity index (χ3n) is 3.12. The number of carbonyl (C=O) groups is 1. The van der Waals surface area contributed by atoms with Crippen molar-refractivity contribution < 1.29 is 4.79 Å². The normalized spacial score (nSPS) is 18.9. The first-order valence-electron chi connectivity index (χ1n) is 6.05. The zero-order valence-corrected chi connectivity index (χ0v) is 13.2. The van der Waals surface area contributed by atoms with Crippen LogP contribution in [0, 0.1) is 0 Å². The number of aromatic nitrogens is 4. The van der Waals surface area contributed by atoms with E-state index in [4.69, 9.17) is 0 Å². The van der Waals surface area contributed by atoms with Crippen molar-refractivity contribution in [1.29, 1.82) is 0 Å². The third kappa shape index (κ3) is 2.77. The van der Waals surface area contributed by atoms with E-state index in [0.29, 0.717) is 12.3 Å².